The Kier molecular flexibility index (Phi) is 20.5. The number of likely N-dealkylation sites (tertiary alicyclic amines) is 1. The van der Waals surface area contributed by atoms with Crippen LogP contribution in [-0.2, 0) is 9.47 Å². The van der Waals surface area contributed by atoms with E-state index in [1.807, 2.05) is 64.7 Å². The van der Waals surface area contributed by atoms with Crippen LogP contribution in [0.25, 0.3) is 0 Å². The Morgan fingerprint density at radius 2 is 1.86 bits per heavy atom. The lowest BCUT2D eigenvalue weighted by Gasteiger charge is -2.29. The van der Waals surface area contributed by atoms with Crippen molar-refractivity contribution >= 4 is 36.1 Å². The van der Waals surface area contributed by atoms with Crippen molar-refractivity contribution in [2.24, 2.45) is 21.3 Å². The second-order valence-corrected chi connectivity index (χ2v) is 14.9. The number of hydrogen-bond acceptors (Lipinski definition) is 9. The quantitative estimate of drug-likeness (QED) is 0.191. The Morgan fingerprint density at radius 1 is 1.24 bits per heavy atom. The normalized spacial score (nSPS) is 23.1. The van der Waals surface area contributed by atoms with Gasteiger partial charge in [-0.2, -0.15) is 0 Å². The van der Waals surface area contributed by atoms with Gasteiger partial charge in [0, 0.05) is 32.2 Å². The van der Waals surface area contributed by atoms with Crippen LogP contribution in [-0.4, -0.2) is 97.2 Å². The lowest BCUT2D eigenvalue weighted by atomic mass is 9.90. The molecule has 3 N–H and O–H groups in total. The number of aromatic nitrogens is 1. The van der Waals surface area contributed by atoms with E-state index in [9.17, 15) is 4.79 Å². The molecule has 0 spiro atoms. The average Bonchev–Trinajstić information content (AvgIpc) is 3.73. The number of cyclic esters (lactones) is 1. The van der Waals surface area contributed by atoms with Gasteiger partial charge in [-0.15, -0.1) is 0 Å². The summed E-state index contributed by atoms with van der Waals surface area (Å²) in [5.41, 5.74) is 0.507. The summed E-state index contributed by atoms with van der Waals surface area (Å²) in [6.45, 7) is 28.4. The second kappa shape index (κ2) is 23.1. The standard InChI is InChI=1S/C19H28N4O3.C9H13N3O.C5H11N.C4H10.C2H6.H2/c1-13-10-25-17(24)23(13)16-8-6-7-15(21-16)22-11-19(5,9-14(22)20)12-26-18(2,3)4;1-2-10-7-12-8-4-3-5-9(13)11-6-8;1-6-4-2-3-5-6;1-4(2)3;1-2;/h6-8,13,20H,9-12H2,1-5H3;2,4,6-7,9,13H,1,3,5H2,(H,10,12);2-5H2,1H3;4H,1-3H3;1-2H3;1H/t13-,19-;;;;;/m0...../s1. The number of aliphatic hydroxyl groups excluding tert-OH is 1. The molecule has 5 heterocycles. The Bertz CT molecular complexity index is 1290. The molecule has 1 aromatic rings. The number of hydrogen-bond donors (Lipinski definition) is 3. The fourth-order valence-corrected chi connectivity index (χ4v) is 5.09. The highest BCUT2D eigenvalue weighted by molar-refractivity contribution is 5.98. The van der Waals surface area contributed by atoms with Crippen LogP contribution in [0.2, 0.25) is 0 Å². The van der Waals surface area contributed by atoms with Gasteiger partial charge in [0.1, 0.15) is 30.3 Å². The number of anilines is 2. The summed E-state index contributed by atoms with van der Waals surface area (Å²) in [6, 6.07) is 5.49. The molecule has 51 heavy (non-hydrogen) atoms. The van der Waals surface area contributed by atoms with Crippen LogP contribution in [0.1, 0.15) is 103 Å². The fraction of sp³-hybridized carbons (Fsp3) is 0.667. The van der Waals surface area contributed by atoms with E-state index in [-0.39, 0.29) is 24.6 Å². The fourth-order valence-electron chi connectivity index (χ4n) is 5.09. The maximum atomic E-state index is 12.0. The molecule has 3 atom stereocenters. The van der Waals surface area contributed by atoms with Crippen molar-refractivity contribution in [2.45, 2.75) is 119 Å². The number of nitrogens with zero attached hydrogens (tertiary/aromatic N) is 6. The van der Waals surface area contributed by atoms with E-state index in [0.717, 1.165) is 18.0 Å². The first kappa shape index (κ1) is 45.4. The molecule has 1 aromatic heterocycles. The molecule has 0 aromatic carbocycles. The van der Waals surface area contributed by atoms with Crippen molar-refractivity contribution in [1.82, 2.24) is 15.2 Å². The summed E-state index contributed by atoms with van der Waals surface area (Å²) in [5, 5.41) is 20.5. The van der Waals surface area contributed by atoms with Crippen LogP contribution in [0, 0.1) is 16.7 Å². The van der Waals surface area contributed by atoms with Gasteiger partial charge < -0.3 is 29.7 Å². The van der Waals surface area contributed by atoms with Gasteiger partial charge in [-0.1, -0.05) is 60.3 Å². The number of amides is 1. The molecule has 0 bridgehead atoms. The van der Waals surface area contributed by atoms with Crippen molar-refractivity contribution in [3.05, 3.63) is 42.8 Å². The summed E-state index contributed by atoms with van der Waals surface area (Å²) < 4.78 is 11.1. The maximum Gasteiger partial charge on any atom is 0.415 e. The van der Waals surface area contributed by atoms with Crippen molar-refractivity contribution in [2.75, 3.05) is 49.7 Å². The molecule has 290 valence electrons. The lowest BCUT2D eigenvalue weighted by molar-refractivity contribution is -0.0409. The van der Waals surface area contributed by atoms with Gasteiger partial charge in [0.2, 0.25) is 0 Å². The molecule has 5 rings (SSSR count). The number of ether oxygens (including phenoxy) is 2. The molecule has 0 saturated carbocycles. The molecular weight excluding hydrogens is 644 g/mol. The van der Waals surface area contributed by atoms with E-state index < -0.39 is 6.23 Å². The van der Waals surface area contributed by atoms with Gasteiger partial charge >= 0.3 is 6.09 Å². The molecule has 1 amide bonds. The summed E-state index contributed by atoms with van der Waals surface area (Å²) in [6.07, 6.45) is 10.5. The van der Waals surface area contributed by atoms with E-state index in [4.69, 9.17) is 20.0 Å². The Morgan fingerprint density at radius 3 is 2.39 bits per heavy atom. The molecule has 0 radical (unpaired) electrons. The van der Waals surface area contributed by atoms with Crippen LogP contribution < -0.4 is 15.1 Å². The number of amidine groups is 1. The highest BCUT2D eigenvalue weighted by Crippen LogP contribution is 2.36. The van der Waals surface area contributed by atoms with Crippen molar-refractivity contribution in [3.8, 4) is 0 Å². The zero-order valence-corrected chi connectivity index (χ0v) is 33.4. The van der Waals surface area contributed by atoms with Gasteiger partial charge in [0.05, 0.1) is 30.3 Å². The predicted octanol–water partition coefficient (Wildman–Crippen LogP) is 7.90. The number of rotatable bonds is 7. The van der Waals surface area contributed by atoms with Crippen LogP contribution in [0.3, 0.4) is 0 Å². The molecule has 3 fully saturated rings. The summed E-state index contributed by atoms with van der Waals surface area (Å²) in [7, 11) is 2.17. The highest BCUT2D eigenvalue weighted by Gasteiger charge is 2.40. The smallest absolute Gasteiger partial charge is 0.415 e. The second-order valence-electron chi connectivity index (χ2n) is 14.9. The molecule has 1 unspecified atom stereocenters. The number of aliphatic imine (C=N–C) groups is 2. The van der Waals surface area contributed by atoms with Gasteiger partial charge in [-0.3, -0.25) is 15.3 Å². The summed E-state index contributed by atoms with van der Waals surface area (Å²) in [5.74, 6) is 2.59. The third kappa shape index (κ3) is 17.9. The lowest BCUT2D eigenvalue weighted by Crippen LogP contribution is -2.34. The molecule has 4 aliphatic heterocycles. The van der Waals surface area contributed by atoms with E-state index in [1.54, 1.807) is 17.2 Å². The predicted molar refractivity (Wildman–Crippen MR) is 215 cm³/mol. The molecule has 12 nitrogen and oxygen atoms in total. The minimum absolute atomic E-state index is 0. The summed E-state index contributed by atoms with van der Waals surface area (Å²) in [4.78, 5) is 30.1. The van der Waals surface area contributed by atoms with Crippen molar-refractivity contribution < 1.29 is 20.8 Å². The Balaban J connectivity index is 0.000000828. The number of carbonyl (C=O) groups is 1. The average molecular weight is 715 g/mol. The number of pyridine rings is 1. The number of allylic oxidation sites excluding steroid dienone is 2. The molecule has 12 heteroatoms. The zero-order valence-electron chi connectivity index (χ0n) is 33.4. The van der Waals surface area contributed by atoms with Crippen LogP contribution in [0.5, 0.6) is 0 Å². The largest absolute Gasteiger partial charge is 0.447 e. The van der Waals surface area contributed by atoms with E-state index in [2.05, 4.69) is 66.5 Å². The number of aliphatic hydroxyl groups is 1. The first-order chi connectivity index (χ1) is 24.0. The third-order valence-electron chi connectivity index (χ3n) is 7.56. The van der Waals surface area contributed by atoms with Gasteiger partial charge in [0.15, 0.2) is 0 Å². The first-order valence-electron chi connectivity index (χ1n) is 18.4. The Labute approximate surface area is 310 Å². The number of carbonyl (C=O) groups excluding carboxylic acids is 1. The molecule has 3 saturated heterocycles. The molecular formula is C39H70N8O4. The SMILES string of the molecule is C=CN=CNC1=CCCC(O)N=C1.CC.CC(C)C.CN1CCCC1.C[C@H]1COC(=O)N1c1cccc(N2C[C@@](C)(COC(C)(C)C)CC2=N)n1.[HH]. The molecule has 4 aliphatic rings. The minimum atomic E-state index is -0.577. The topological polar surface area (TPSA) is 139 Å². The first-order valence-corrected chi connectivity index (χ1v) is 18.4. The van der Waals surface area contributed by atoms with Crippen molar-refractivity contribution in [3.63, 3.8) is 0 Å². The maximum absolute atomic E-state index is 12.0. The van der Waals surface area contributed by atoms with Gasteiger partial charge in [-0.05, 0) is 91.6 Å². The van der Waals surface area contributed by atoms with Crippen LogP contribution in [0.4, 0.5) is 16.4 Å². The van der Waals surface area contributed by atoms with Gasteiger partial charge in [-0.25, -0.2) is 14.8 Å². The zero-order chi connectivity index (χ0) is 38.6. The third-order valence-corrected chi connectivity index (χ3v) is 7.56. The van der Waals surface area contributed by atoms with Gasteiger partial charge in [0.25, 0.3) is 0 Å². The van der Waals surface area contributed by atoms with Crippen molar-refractivity contribution in [1.29, 1.82) is 5.41 Å². The summed E-state index contributed by atoms with van der Waals surface area (Å²) >= 11 is 0. The van der Waals surface area contributed by atoms with E-state index in [0.29, 0.717) is 50.1 Å². The Hall–Kier alpha value is -3.61. The van der Waals surface area contributed by atoms with E-state index in [1.165, 1.54) is 38.5 Å². The van der Waals surface area contributed by atoms with Crippen LogP contribution >= 0.6 is 0 Å². The van der Waals surface area contributed by atoms with Crippen LogP contribution in [0.15, 0.2) is 52.7 Å². The highest BCUT2D eigenvalue weighted by atomic mass is 16.6. The minimum Gasteiger partial charge on any atom is -0.447 e. The molecule has 0 aliphatic carbocycles. The van der Waals surface area contributed by atoms with E-state index >= 15 is 0 Å². The number of nitrogens with one attached hydrogen (secondary N) is 2. The monoisotopic (exact) mass is 715 g/mol.